The minimum Gasteiger partial charge on any atom is -0.368 e. The van der Waals surface area contributed by atoms with Crippen LogP contribution in [0.5, 0.6) is 0 Å². The van der Waals surface area contributed by atoms with E-state index < -0.39 is 11.9 Å². The Bertz CT molecular complexity index is 1250. The Morgan fingerprint density at radius 2 is 1.71 bits per heavy atom. The molecule has 1 aromatic carbocycles. The zero-order valence-electron chi connectivity index (χ0n) is 17.1. The van der Waals surface area contributed by atoms with Gasteiger partial charge in [-0.25, -0.2) is 15.0 Å². The molecule has 31 heavy (non-hydrogen) atoms. The van der Waals surface area contributed by atoms with Crippen LogP contribution in [0.15, 0.2) is 42.5 Å². The number of aromatic nitrogens is 5. The van der Waals surface area contributed by atoms with E-state index in [9.17, 15) is 13.2 Å². The van der Waals surface area contributed by atoms with Crippen LogP contribution in [-0.2, 0) is 12.7 Å². The molecule has 3 heterocycles. The molecule has 4 rings (SSSR count). The van der Waals surface area contributed by atoms with Gasteiger partial charge in [-0.15, -0.1) is 5.10 Å². The molecule has 2 N–H and O–H groups in total. The summed E-state index contributed by atoms with van der Waals surface area (Å²) in [5.41, 5.74) is 7.57. The summed E-state index contributed by atoms with van der Waals surface area (Å²) >= 11 is 0. The predicted molar refractivity (Wildman–Crippen MR) is 111 cm³/mol. The summed E-state index contributed by atoms with van der Waals surface area (Å²) in [5.74, 6) is 0.573. The number of nitrogen functional groups attached to an aromatic ring is 1. The van der Waals surface area contributed by atoms with Crippen molar-refractivity contribution in [3.05, 3.63) is 59.7 Å². The van der Waals surface area contributed by atoms with Crippen molar-refractivity contribution in [1.29, 1.82) is 0 Å². The summed E-state index contributed by atoms with van der Waals surface area (Å²) < 4.78 is 41.8. The molecule has 0 aliphatic heterocycles. The maximum atomic E-state index is 13.5. The van der Waals surface area contributed by atoms with Crippen LogP contribution in [0.25, 0.3) is 28.0 Å². The number of fused-ring (bicyclic) bond motifs is 1. The lowest BCUT2D eigenvalue weighted by molar-refractivity contribution is -0.141. The first-order chi connectivity index (χ1) is 14.6. The van der Waals surface area contributed by atoms with Crippen molar-refractivity contribution in [3.63, 3.8) is 0 Å². The molecule has 3 aromatic heterocycles. The van der Waals surface area contributed by atoms with Gasteiger partial charge in [0.05, 0.1) is 17.8 Å². The molecule has 0 spiro atoms. The first-order valence-corrected chi connectivity index (χ1v) is 9.45. The molecular formula is C21H20F3N7. The standard InChI is InChI=1S/C21H20F3N7/c1-12-9-14(10-15(26-12)21(22,23)24)17-18(13-7-5-4-6-8-13)28-20(25)31-19(17)27-16(29-31)11-30(2)3/h4-10H,11H2,1-3H3,(H2,25,28). The second-order valence-corrected chi connectivity index (χ2v) is 7.44. The minimum atomic E-state index is -4.59. The predicted octanol–water partition coefficient (Wildman–Crippen LogP) is 3.82. The number of halogens is 3. The van der Waals surface area contributed by atoms with Crippen LogP contribution in [0.2, 0.25) is 0 Å². The number of nitrogens with zero attached hydrogens (tertiary/aromatic N) is 6. The second kappa shape index (κ2) is 7.62. The lowest BCUT2D eigenvalue weighted by Crippen LogP contribution is -2.12. The van der Waals surface area contributed by atoms with E-state index in [1.54, 1.807) is 6.07 Å². The third-order valence-electron chi connectivity index (χ3n) is 4.59. The summed E-state index contributed by atoms with van der Waals surface area (Å²) in [5, 5.41) is 4.41. The highest BCUT2D eigenvalue weighted by molar-refractivity contribution is 5.90. The van der Waals surface area contributed by atoms with Crippen molar-refractivity contribution in [3.8, 4) is 22.4 Å². The van der Waals surface area contributed by atoms with Crippen molar-refractivity contribution >= 4 is 11.6 Å². The number of alkyl halides is 3. The largest absolute Gasteiger partial charge is 0.433 e. The summed E-state index contributed by atoms with van der Waals surface area (Å²) in [6.45, 7) is 1.95. The van der Waals surface area contributed by atoms with Crippen molar-refractivity contribution in [1.82, 2.24) is 29.5 Å². The fourth-order valence-electron chi connectivity index (χ4n) is 3.38. The monoisotopic (exact) mass is 427 g/mol. The van der Waals surface area contributed by atoms with Gasteiger partial charge < -0.3 is 10.6 Å². The van der Waals surface area contributed by atoms with Crippen LogP contribution < -0.4 is 5.73 Å². The van der Waals surface area contributed by atoms with E-state index in [1.807, 2.05) is 49.3 Å². The van der Waals surface area contributed by atoms with Crippen LogP contribution in [0.3, 0.4) is 0 Å². The van der Waals surface area contributed by atoms with Gasteiger partial charge in [0.25, 0.3) is 0 Å². The number of anilines is 1. The first-order valence-electron chi connectivity index (χ1n) is 9.45. The molecule has 10 heteroatoms. The van der Waals surface area contributed by atoms with Gasteiger partial charge in [-0.1, -0.05) is 30.3 Å². The molecular weight excluding hydrogens is 407 g/mol. The van der Waals surface area contributed by atoms with E-state index in [2.05, 4.69) is 20.1 Å². The minimum absolute atomic E-state index is 0.0944. The maximum absolute atomic E-state index is 13.5. The maximum Gasteiger partial charge on any atom is 0.433 e. The van der Waals surface area contributed by atoms with Crippen LogP contribution >= 0.6 is 0 Å². The van der Waals surface area contributed by atoms with Crippen LogP contribution in [0.4, 0.5) is 19.1 Å². The quantitative estimate of drug-likeness (QED) is 0.533. The van der Waals surface area contributed by atoms with Crippen molar-refractivity contribution in [2.45, 2.75) is 19.6 Å². The average molecular weight is 427 g/mol. The van der Waals surface area contributed by atoms with Crippen LogP contribution in [0, 0.1) is 6.92 Å². The van der Waals surface area contributed by atoms with Crippen LogP contribution in [0.1, 0.15) is 17.2 Å². The zero-order chi connectivity index (χ0) is 22.3. The Hall–Kier alpha value is -3.53. The Morgan fingerprint density at radius 3 is 2.35 bits per heavy atom. The lowest BCUT2D eigenvalue weighted by atomic mass is 9.99. The number of rotatable bonds is 4. The van der Waals surface area contributed by atoms with E-state index in [-0.39, 0.29) is 11.6 Å². The molecule has 0 saturated carbocycles. The number of hydrogen-bond donors (Lipinski definition) is 1. The van der Waals surface area contributed by atoms with E-state index in [1.165, 1.54) is 11.4 Å². The second-order valence-electron chi connectivity index (χ2n) is 7.44. The molecule has 0 fully saturated rings. The Labute approximate surface area is 176 Å². The number of aryl methyl sites for hydroxylation is 1. The van der Waals surface area contributed by atoms with Gasteiger partial charge in [-0.3, -0.25) is 0 Å². The van der Waals surface area contributed by atoms with Crippen molar-refractivity contribution < 1.29 is 13.2 Å². The van der Waals surface area contributed by atoms with Gasteiger partial charge >= 0.3 is 6.18 Å². The van der Waals surface area contributed by atoms with E-state index in [0.29, 0.717) is 40.4 Å². The Balaban J connectivity index is 2.08. The molecule has 4 aromatic rings. The Kier molecular flexibility index (Phi) is 5.10. The third kappa shape index (κ3) is 4.06. The van der Waals surface area contributed by atoms with Gasteiger partial charge in [0.2, 0.25) is 5.95 Å². The lowest BCUT2D eigenvalue weighted by Gasteiger charge is -2.14. The average Bonchev–Trinajstić information content (AvgIpc) is 3.10. The normalized spacial score (nSPS) is 12.1. The van der Waals surface area contributed by atoms with Gasteiger partial charge in [-0.2, -0.15) is 17.7 Å². The van der Waals surface area contributed by atoms with Gasteiger partial charge in [0.1, 0.15) is 5.69 Å². The molecule has 0 bridgehead atoms. The molecule has 0 amide bonds. The summed E-state index contributed by atoms with van der Waals surface area (Å²) in [6.07, 6.45) is -4.59. The van der Waals surface area contributed by atoms with Crippen molar-refractivity contribution in [2.24, 2.45) is 0 Å². The Morgan fingerprint density at radius 1 is 1.00 bits per heavy atom. The third-order valence-corrected chi connectivity index (χ3v) is 4.59. The molecule has 0 atom stereocenters. The van der Waals surface area contributed by atoms with E-state index in [0.717, 1.165) is 6.07 Å². The topological polar surface area (TPSA) is 85.2 Å². The van der Waals surface area contributed by atoms with E-state index in [4.69, 9.17) is 5.73 Å². The van der Waals surface area contributed by atoms with Crippen molar-refractivity contribution in [2.75, 3.05) is 19.8 Å². The molecule has 0 saturated heterocycles. The summed E-state index contributed by atoms with van der Waals surface area (Å²) in [4.78, 5) is 14.6. The smallest absolute Gasteiger partial charge is 0.368 e. The molecule has 0 unspecified atom stereocenters. The SMILES string of the molecule is Cc1cc(-c2c(-c3ccccc3)nc(N)n3nc(CN(C)C)nc23)cc(C(F)(F)F)n1. The fourth-order valence-corrected chi connectivity index (χ4v) is 3.38. The number of nitrogens with two attached hydrogens (primary N) is 1. The highest BCUT2D eigenvalue weighted by Crippen LogP contribution is 2.37. The number of hydrogen-bond acceptors (Lipinski definition) is 6. The zero-order valence-corrected chi connectivity index (χ0v) is 17.1. The number of benzene rings is 1. The van der Waals surface area contributed by atoms with Gasteiger partial charge in [-0.05, 0) is 38.7 Å². The fraction of sp³-hybridized carbons (Fsp3) is 0.238. The highest BCUT2D eigenvalue weighted by atomic mass is 19.4. The van der Waals surface area contributed by atoms with Gasteiger partial charge in [0, 0.05) is 11.3 Å². The number of pyridine rings is 1. The molecule has 0 aliphatic carbocycles. The molecule has 7 nitrogen and oxygen atoms in total. The molecule has 0 aliphatic rings. The summed E-state index contributed by atoms with van der Waals surface area (Å²) in [6, 6.07) is 11.7. The molecule has 0 radical (unpaired) electrons. The first kappa shape index (κ1) is 20.7. The van der Waals surface area contributed by atoms with Crippen LogP contribution in [-0.4, -0.2) is 43.6 Å². The highest BCUT2D eigenvalue weighted by Gasteiger charge is 2.33. The van der Waals surface area contributed by atoms with E-state index >= 15 is 0 Å². The molecule has 160 valence electrons. The van der Waals surface area contributed by atoms with Gasteiger partial charge in [0.15, 0.2) is 11.5 Å². The summed E-state index contributed by atoms with van der Waals surface area (Å²) in [7, 11) is 3.73.